The third-order valence-corrected chi connectivity index (χ3v) is 9.36. The first-order valence-corrected chi connectivity index (χ1v) is 15.9. The van der Waals surface area contributed by atoms with Crippen molar-refractivity contribution in [3.05, 3.63) is 81.5 Å². The second kappa shape index (κ2) is 11.1. The highest BCUT2D eigenvalue weighted by atomic mass is 32.2. The van der Waals surface area contributed by atoms with Crippen LogP contribution in [0.25, 0.3) is 16.4 Å². The number of hydrogen-bond acceptors (Lipinski definition) is 6. The first kappa shape index (κ1) is 28.2. The second-order valence-electron chi connectivity index (χ2n) is 10.7. The molecule has 2 fully saturated rings. The van der Waals surface area contributed by atoms with E-state index in [0.717, 1.165) is 66.8 Å². The predicted octanol–water partition coefficient (Wildman–Crippen LogP) is 5.31. The molecule has 2 heterocycles. The van der Waals surface area contributed by atoms with Crippen molar-refractivity contribution in [2.45, 2.75) is 49.8 Å². The van der Waals surface area contributed by atoms with E-state index >= 15 is 0 Å². The largest absolute Gasteiger partial charge is 0.476 e. The standard InChI is InChI=1S/C30H26F2N4O4S2/c31-23-10-9-21(15-20(23)8-6-17-2-1-3-17)28-22(12-19-7-11-27(24(32)13-19)42(33,39)40)26(14-18-4-5-18)36(35-28)30-34-25(16-41-30)29(37)38/h7,9-11,13,15-18H,1-5,12,14H2,(H,37,38)(H2,33,39,40). The number of hydrogen-bond donors (Lipinski definition) is 2. The van der Waals surface area contributed by atoms with Crippen LogP contribution in [0.15, 0.2) is 46.7 Å². The van der Waals surface area contributed by atoms with Crippen molar-refractivity contribution in [2.24, 2.45) is 17.0 Å². The van der Waals surface area contributed by atoms with Crippen molar-refractivity contribution in [1.29, 1.82) is 0 Å². The summed E-state index contributed by atoms with van der Waals surface area (Å²) in [5.41, 5.74) is 3.21. The van der Waals surface area contributed by atoms with Gasteiger partial charge in [0.1, 0.15) is 16.5 Å². The van der Waals surface area contributed by atoms with E-state index in [1.54, 1.807) is 16.8 Å². The molecule has 2 aliphatic rings. The summed E-state index contributed by atoms with van der Waals surface area (Å²) in [5.74, 6) is 4.20. The summed E-state index contributed by atoms with van der Waals surface area (Å²) in [5, 5.41) is 21.3. The Labute approximate surface area is 245 Å². The number of rotatable bonds is 8. The average Bonchev–Trinajstić information content (AvgIpc) is 3.46. The number of sulfonamides is 1. The lowest BCUT2D eigenvalue weighted by molar-refractivity contribution is 0.0691. The van der Waals surface area contributed by atoms with Gasteiger partial charge in [-0.15, -0.1) is 11.3 Å². The molecular formula is C30H26F2N4O4S2. The first-order valence-electron chi connectivity index (χ1n) is 13.5. The summed E-state index contributed by atoms with van der Waals surface area (Å²) in [4.78, 5) is 15.2. The molecule has 8 nitrogen and oxygen atoms in total. The van der Waals surface area contributed by atoms with Crippen LogP contribution in [0.1, 0.15) is 65.0 Å². The summed E-state index contributed by atoms with van der Waals surface area (Å²) in [6, 6.07) is 8.36. The molecular weight excluding hydrogens is 582 g/mol. The Bertz CT molecular complexity index is 1880. The molecule has 0 atom stereocenters. The fraction of sp³-hybridized carbons (Fsp3) is 0.300. The number of aromatic nitrogens is 3. The maximum absolute atomic E-state index is 14.8. The van der Waals surface area contributed by atoms with Crippen LogP contribution in [0.5, 0.6) is 0 Å². The van der Waals surface area contributed by atoms with Crippen LogP contribution in [0, 0.1) is 35.3 Å². The number of halogens is 2. The molecule has 216 valence electrons. The average molecular weight is 609 g/mol. The summed E-state index contributed by atoms with van der Waals surface area (Å²) < 4.78 is 54.8. The number of carboxylic acid groups (broad SMARTS) is 1. The van der Waals surface area contributed by atoms with Crippen LogP contribution in [0.4, 0.5) is 8.78 Å². The van der Waals surface area contributed by atoms with Crippen LogP contribution in [-0.4, -0.2) is 34.3 Å². The highest BCUT2D eigenvalue weighted by Crippen LogP contribution is 2.38. The molecule has 3 N–H and O–H groups in total. The van der Waals surface area contributed by atoms with Crippen molar-refractivity contribution in [1.82, 2.24) is 14.8 Å². The quantitative estimate of drug-likeness (QED) is 0.261. The first-order chi connectivity index (χ1) is 20.1. The number of primary sulfonamides is 1. The van der Waals surface area contributed by atoms with Gasteiger partial charge in [0.15, 0.2) is 5.69 Å². The lowest BCUT2D eigenvalue weighted by atomic mass is 9.86. The molecule has 12 heteroatoms. The Morgan fingerprint density at radius 3 is 2.52 bits per heavy atom. The zero-order valence-electron chi connectivity index (χ0n) is 22.3. The molecule has 0 bridgehead atoms. The SMILES string of the molecule is NS(=O)(=O)c1ccc(Cc2c(-c3ccc(F)c(C#CC4CCC4)c3)nn(-c3nc(C(=O)O)cs3)c2CC2CC2)cc1F. The normalized spacial score (nSPS) is 15.2. The molecule has 0 aliphatic heterocycles. The van der Waals surface area contributed by atoms with Crippen LogP contribution < -0.4 is 5.14 Å². The van der Waals surface area contributed by atoms with Crippen molar-refractivity contribution in [3.63, 3.8) is 0 Å². The van der Waals surface area contributed by atoms with Crippen molar-refractivity contribution in [2.75, 3.05) is 0 Å². The van der Waals surface area contributed by atoms with Gasteiger partial charge in [0.2, 0.25) is 15.2 Å². The molecule has 0 saturated heterocycles. The topological polar surface area (TPSA) is 128 Å². The zero-order chi connectivity index (χ0) is 29.6. The van der Waals surface area contributed by atoms with E-state index in [-0.39, 0.29) is 23.6 Å². The Morgan fingerprint density at radius 2 is 1.90 bits per heavy atom. The third-order valence-electron chi connectivity index (χ3n) is 7.60. The van der Waals surface area contributed by atoms with E-state index in [1.165, 1.54) is 17.5 Å². The fourth-order valence-electron chi connectivity index (χ4n) is 4.92. The number of nitrogens with two attached hydrogens (primary N) is 1. The Hall–Kier alpha value is -3.92. The molecule has 2 aromatic heterocycles. The van der Waals surface area contributed by atoms with Gasteiger partial charge in [0.25, 0.3) is 0 Å². The van der Waals surface area contributed by atoms with Gasteiger partial charge in [-0.25, -0.2) is 36.8 Å². The highest BCUT2D eigenvalue weighted by Gasteiger charge is 2.30. The summed E-state index contributed by atoms with van der Waals surface area (Å²) >= 11 is 1.13. The monoisotopic (exact) mass is 608 g/mol. The van der Waals surface area contributed by atoms with Crippen LogP contribution in [0.3, 0.4) is 0 Å². The smallest absolute Gasteiger partial charge is 0.355 e. The lowest BCUT2D eigenvalue weighted by Crippen LogP contribution is -2.14. The number of thiazole rings is 1. The molecule has 0 spiro atoms. The predicted molar refractivity (Wildman–Crippen MR) is 153 cm³/mol. The van der Waals surface area contributed by atoms with Crippen LogP contribution in [-0.2, 0) is 22.9 Å². The Morgan fingerprint density at radius 1 is 1.12 bits per heavy atom. The minimum atomic E-state index is -4.24. The van der Waals surface area contributed by atoms with Crippen molar-refractivity contribution >= 4 is 27.3 Å². The van der Waals surface area contributed by atoms with Gasteiger partial charge in [0, 0.05) is 28.8 Å². The van der Waals surface area contributed by atoms with Crippen molar-refractivity contribution < 1.29 is 27.1 Å². The number of benzene rings is 2. The lowest BCUT2D eigenvalue weighted by Gasteiger charge is -2.18. The Kier molecular flexibility index (Phi) is 7.43. The molecule has 2 saturated carbocycles. The third kappa shape index (κ3) is 5.86. The van der Waals surface area contributed by atoms with Crippen molar-refractivity contribution in [3.8, 4) is 28.2 Å². The fourth-order valence-corrected chi connectivity index (χ4v) is 6.28. The van der Waals surface area contributed by atoms with Gasteiger partial charge in [-0.2, -0.15) is 5.10 Å². The summed E-state index contributed by atoms with van der Waals surface area (Å²) in [6.07, 6.45) is 5.96. The second-order valence-corrected chi connectivity index (χ2v) is 13.1. The number of nitrogens with zero attached hydrogens (tertiary/aromatic N) is 3. The molecule has 42 heavy (non-hydrogen) atoms. The van der Waals surface area contributed by atoms with Gasteiger partial charge in [-0.05, 0) is 73.9 Å². The minimum Gasteiger partial charge on any atom is -0.476 e. The minimum absolute atomic E-state index is 0.109. The molecule has 2 aliphatic carbocycles. The molecule has 0 unspecified atom stereocenters. The van der Waals surface area contributed by atoms with Gasteiger partial charge >= 0.3 is 5.97 Å². The zero-order valence-corrected chi connectivity index (χ0v) is 23.9. The summed E-state index contributed by atoms with van der Waals surface area (Å²) in [7, 11) is -4.24. The maximum atomic E-state index is 14.8. The number of carbonyl (C=O) groups is 1. The van der Waals surface area contributed by atoms with Crippen LogP contribution in [0.2, 0.25) is 0 Å². The van der Waals surface area contributed by atoms with Gasteiger partial charge in [0.05, 0.1) is 17.0 Å². The number of carboxylic acids is 1. The van der Waals surface area contributed by atoms with E-state index < -0.39 is 32.5 Å². The van der Waals surface area contributed by atoms with Gasteiger partial charge in [-0.3, -0.25) is 0 Å². The van der Waals surface area contributed by atoms with Gasteiger partial charge < -0.3 is 5.11 Å². The summed E-state index contributed by atoms with van der Waals surface area (Å²) in [6.45, 7) is 0. The van der Waals surface area contributed by atoms with E-state index in [0.29, 0.717) is 34.3 Å². The van der Waals surface area contributed by atoms with E-state index in [4.69, 9.17) is 10.2 Å². The van der Waals surface area contributed by atoms with Crippen LogP contribution >= 0.6 is 11.3 Å². The van der Waals surface area contributed by atoms with E-state index in [1.807, 2.05) is 0 Å². The molecule has 0 amide bonds. The maximum Gasteiger partial charge on any atom is 0.355 e. The Balaban J connectivity index is 1.50. The van der Waals surface area contributed by atoms with E-state index in [2.05, 4.69) is 16.8 Å². The molecule has 6 rings (SSSR count). The molecule has 4 aromatic rings. The van der Waals surface area contributed by atoms with Gasteiger partial charge in [-0.1, -0.05) is 24.3 Å². The molecule has 0 radical (unpaired) electrons. The number of aromatic carboxylic acids is 1. The molecule has 2 aromatic carbocycles. The highest BCUT2D eigenvalue weighted by molar-refractivity contribution is 7.89. The van der Waals surface area contributed by atoms with E-state index in [9.17, 15) is 27.1 Å².